The van der Waals surface area contributed by atoms with Gasteiger partial charge in [0, 0.05) is 0 Å². The van der Waals surface area contributed by atoms with Crippen molar-refractivity contribution >= 4 is 0 Å². The molecule has 1 aliphatic carbocycles. The molecular weight excluding hydrogens is 319 g/mol. The van der Waals surface area contributed by atoms with E-state index in [-0.39, 0.29) is 19.8 Å². The van der Waals surface area contributed by atoms with Crippen LogP contribution in [0.2, 0.25) is 3.12 Å². The molecule has 1 aliphatic rings. The summed E-state index contributed by atoms with van der Waals surface area (Å²) in [5.74, 6) is 0.812. The zero-order chi connectivity index (χ0) is 15.7. The molecule has 0 N–H and O–H groups in total. The molecule has 0 aromatic carbocycles. The molecule has 0 unspecified atom stereocenters. The van der Waals surface area contributed by atoms with Gasteiger partial charge >= 0.3 is 78.3 Å². The van der Waals surface area contributed by atoms with Crippen LogP contribution in [0.5, 0.6) is 0 Å². The van der Waals surface area contributed by atoms with Gasteiger partial charge in [-0.1, -0.05) is 20.8 Å². The molecule has 0 aromatic rings. The minimum Gasteiger partial charge on any atom is -0.855 e. The van der Waals surface area contributed by atoms with Crippen LogP contribution in [0.15, 0.2) is 24.3 Å². The second kappa shape index (κ2) is 18.2. The molecule has 0 aliphatic heterocycles. The molecule has 0 fully saturated rings. The van der Waals surface area contributed by atoms with E-state index >= 15 is 0 Å². The van der Waals surface area contributed by atoms with Crippen molar-refractivity contribution in [2.24, 2.45) is 5.92 Å². The first-order valence-corrected chi connectivity index (χ1v) is 7.96. The fraction of sp³-hybridized carbons (Fsp3) is 0.733. The molecule has 0 aromatic heterocycles. The third-order valence-electron chi connectivity index (χ3n) is 1.64. The fourth-order valence-electron chi connectivity index (χ4n) is 1.32. The summed E-state index contributed by atoms with van der Waals surface area (Å²) < 4.78 is 0.445. The van der Waals surface area contributed by atoms with Crippen molar-refractivity contribution in [3.05, 3.63) is 24.3 Å². The molecule has 0 amide bonds. The second-order valence-electron chi connectivity index (χ2n) is 4.22. The van der Waals surface area contributed by atoms with Crippen molar-refractivity contribution in [2.75, 3.05) is 19.8 Å². The Hall–Kier alpha value is 0.243. The van der Waals surface area contributed by atoms with Crippen LogP contribution in [0.25, 0.3) is 0 Å². The van der Waals surface area contributed by atoms with E-state index in [0.717, 1.165) is 5.92 Å². The van der Waals surface area contributed by atoms with E-state index in [9.17, 15) is 0 Å². The van der Waals surface area contributed by atoms with Crippen LogP contribution in [-0.2, 0) is 24.7 Å². The average Bonchev–Trinajstić information content (AvgIpc) is 2.67. The topological polar surface area (TPSA) is 69.2 Å². The van der Waals surface area contributed by atoms with Crippen molar-refractivity contribution in [1.29, 1.82) is 0 Å². The summed E-state index contributed by atoms with van der Waals surface area (Å²) >= 11 is 1.62. The van der Waals surface area contributed by atoms with Gasteiger partial charge in [0.1, 0.15) is 0 Å². The molecule has 0 radical (unpaired) electrons. The predicted octanol–water partition coefficient (Wildman–Crippen LogP) is 0.964. The van der Waals surface area contributed by atoms with E-state index in [1.165, 1.54) is 6.42 Å². The van der Waals surface area contributed by atoms with E-state index in [4.69, 9.17) is 15.3 Å². The quantitative estimate of drug-likeness (QED) is 0.747. The summed E-state index contributed by atoms with van der Waals surface area (Å²) in [6, 6.07) is 0. The van der Waals surface area contributed by atoms with Gasteiger partial charge in [0.25, 0.3) is 0 Å². The summed E-state index contributed by atoms with van der Waals surface area (Å²) in [4.78, 5) is 0. The minimum atomic E-state index is 0. The van der Waals surface area contributed by atoms with Gasteiger partial charge < -0.3 is 15.3 Å². The molecule has 0 spiro atoms. The first-order valence-electron chi connectivity index (χ1n) is 6.73. The van der Waals surface area contributed by atoms with Crippen molar-refractivity contribution < 1.29 is 40.0 Å². The number of allylic oxidation sites excluding steroid dienone is 4. The molecule has 19 heavy (non-hydrogen) atoms. The summed E-state index contributed by atoms with van der Waals surface area (Å²) in [7, 11) is 0. The third kappa shape index (κ3) is 23.7. The van der Waals surface area contributed by atoms with Crippen LogP contribution in [0.1, 0.15) is 41.0 Å². The monoisotopic (exact) mass is 346 g/mol. The Bertz CT molecular complexity index is 197. The van der Waals surface area contributed by atoms with Crippen LogP contribution in [0.4, 0.5) is 0 Å². The number of hydrogen-bond donors (Lipinski definition) is 0. The Kier molecular flexibility index (Phi) is 23.3. The van der Waals surface area contributed by atoms with Crippen LogP contribution >= 0.6 is 0 Å². The Morgan fingerprint density at radius 1 is 0.895 bits per heavy atom. The molecule has 0 atom stereocenters. The Morgan fingerprint density at radius 2 is 1.16 bits per heavy atom. The van der Waals surface area contributed by atoms with Crippen LogP contribution in [-0.4, -0.2) is 19.8 Å². The van der Waals surface area contributed by atoms with Crippen molar-refractivity contribution in [3.8, 4) is 0 Å². The van der Waals surface area contributed by atoms with Gasteiger partial charge in [-0.2, -0.15) is 0 Å². The second-order valence-corrected chi connectivity index (χ2v) is 6.51. The maximum atomic E-state index is 8.93. The summed E-state index contributed by atoms with van der Waals surface area (Å²) in [6.45, 7) is 9.28. The standard InChI is InChI=1S/C9H13.3C2H5O.Zr/c1-8(2)7-9-5-3-4-6-9;3*1-2-3;/h3-6,8H,7H2,1-2H3;3*2H2,1H3;/q;3*-1;+3. The van der Waals surface area contributed by atoms with Gasteiger partial charge in [-0.25, -0.2) is 0 Å². The van der Waals surface area contributed by atoms with Crippen molar-refractivity contribution in [1.82, 2.24) is 0 Å². The molecular formula is C15H28O3Zr. The molecule has 0 saturated carbocycles. The summed E-state index contributed by atoms with van der Waals surface area (Å²) in [6.07, 6.45) is 10.3. The molecule has 3 nitrogen and oxygen atoms in total. The molecule has 110 valence electrons. The van der Waals surface area contributed by atoms with E-state index in [2.05, 4.69) is 38.2 Å². The zero-order valence-corrected chi connectivity index (χ0v) is 15.4. The van der Waals surface area contributed by atoms with Crippen LogP contribution in [0, 0.1) is 5.92 Å². The van der Waals surface area contributed by atoms with E-state index < -0.39 is 0 Å². The van der Waals surface area contributed by atoms with Gasteiger partial charge in [-0.05, 0) is 0 Å². The van der Waals surface area contributed by atoms with Gasteiger partial charge in [-0.15, -0.1) is 19.8 Å². The fourth-order valence-corrected chi connectivity index (χ4v) is 2.80. The molecule has 0 saturated heterocycles. The van der Waals surface area contributed by atoms with Crippen molar-refractivity contribution in [2.45, 2.75) is 44.2 Å². The largest absolute Gasteiger partial charge is 0.855 e. The maximum absolute atomic E-state index is 8.93. The SMILES string of the molecule is CC(C)C[C]1([Zr+3])C=CC=C1.CC[O-].CC[O-].CC[O-]. The Morgan fingerprint density at radius 3 is 1.37 bits per heavy atom. The maximum Gasteiger partial charge on any atom is -0.0809 e. The molecule has 4 heteroatoms. The van der Waals surface area contributed by atoms with Gasteiger partial charge in [0.05, 0.1) is 0 Å². The first kappa shape index (κ1) is 24.3. The van der Waals surface area contributed by atoms with Gasteiger partial charge in [-0.3, -0.25) is 0 Å². The van der Waals surface area contributed by atoms with Gasteiger partial charge in [0.2, 0.25) is 0 Å². The normalized spacial score (nSPS) is 13.8. The third-order valence-corrected chi connectivity index (χ3v) is 2.97. The summed E-state index contributed by atoms with van der Waals surface area (Å²) in [5, 5.41) is 26.8. The Labute approximate surface area is 134 Å². The average molecular weight is 348 g/mol. The molecule has 0 heterocycles. The van der Waals surface area contributed by atoms with E-state index in [1.807, 2.05) is 0 Å². The molecule has 1 rings (SSSR count). The van der Waals surface area contributed by atoms with E-state index in [0.29, 0.717) is 3.12 Å². The van der Waals surface area contributed by atoms with Crippen molar-refractivity contribution in [3.63, 3.8) is 0 Å². The van der Waals surface area contributed by atoms with Crippen LogP contribution in [0.3, 0.4) is 0 Å². The zero-order valence-electron chi connectivity index (χ0n) is 12.9. The van der Waals surface area contributed by atoms with Crippen LogP contribution < -0.4 is 15.3 Å². The van der Waals surface area contributed by atoms with Gasteiger partial charge in [0.15, 0.2) is 0 Å². The minimum absolute atomic E-state index is 0. The first-order chi connectivity index (χ1) is 8.87. The predicted molar refractivity (Wildman–Crippen MR) is 72.1 cm³/mol. The number of hydrogen-bond acceptors (Lipinski definition) is 3. The number of rotatable bonds is 2. The smallest absolute Gasteiger partial charge is 0.0809 e. The molecule has 0 bridgehead atoms. The van der Waals surface area contributed by atoms with E-state index in [1.54, 1.807) is 45.5 Å². The Balaban J connectivity index is -0.000000238. The summed E-state index contributed by atoms with van der Waals surface area (Å²) in [5.41, 5.74) is 0.